The predicted octanol–water partition coefficient (Wildman–Crippen LogP) is 5.69. The molecule has 3 aromatic rings. The van der Waals surface area contributed by atoms with Gasteiger partial charge in [-0.05, 0) is 59.0 Å². The molecule has 0 bridgehead atoms. The lowest BCUT2D eigenvalue weighted by Crippen LogP contribution is -2.31. The van der Waals surface area contributed by atoms with Crippen molar-refractivity contribution in [1.29, 1.82) is 0 Å². The summed E-state index contributed by atoms with van der Waals surface area (Å²) in [7, 11) is 0. The van der Waals surface area contributed by atoms with Gasteiger partial charge in [-0.1, -0.05) is 30.0 Å². The van der Waals surface area contributed by atoms with E-state index in [0.29, 0.717) is 20.9 Å². The highest BCUT2D eigenvalue weighted by Crippen LogP contribution is 2.35. The number of nitrogens with zero attached hydrogens (tertiary/aromatic N) is 1. The zero-order valence-electron chi connectivity index (χ0n) is 18.8. The molecule has 4 rings (SSSR count). The molecule has 190 valence electrons. The second-order valence-electron chi connectivity index (χ2n) is 7.87. The first kappa shape index (κ1) is 26.6. The fourth-order valence-corrected chi connectivity index (χ4v) is 5.69. The Labute approximate surface area is 222 Å². The number of thioether (sulfide) groups is 1. The number of carbonyl (C=O) groups is 3. The number of halogens is 3. The fourth-order valence-electron chi connectivity index (χ4n) is 3.47. The van der Waals surface area contributed by atoms with Crippen LogP contribution in [0.1, 0.15) is 16.9 Å². The largest absolute Gasteiger partial charge is 0.481 e. The predicted molar refractivity (Wildman–Crippen MR) is 141 cm³/mol. The van der Waals surface area contributed by atoms with Crippen molar-refractivity contribution in [3.63, 3.8) is 0 Å². The molecule has 2 aromatic carbocycles. The summed E-state index contributed by atoms with van der Waals surface area (Å²) >= 11 is 7.71. The third-order valence-corrected chi connectivity index (χ3v) is 7.51. The smallest absolute Gasteiger partial charge is 0.307 e. The van der Waals surface area contributed by atoms with E-state index in [-0.39, 0.29) is 34.4 Å². The fraction of sp³-hybridized carbons (Fsp3) is 0.120. The second kappa shape index (κ2) is 11.3. The molecule has 1 fully saturated rings. The van der Waals surface area contributed by atoms with Crippen LogP contribution < -0.4 is 5.32 Å². The normalized spacial score (nSPS) is 14.5. The Morgan fingerprint density at radius 3 is 2.51 bits per heavy atom. The number of amides is 2. The van der Waals surface area contributed by atoms with Crippen molar-refractivity contribution in [1.82, 2.24) is 4.90 Å². The lowest BCUT2D eigenvalue weighted by Gasteiger charge is -2.14. The number of aliphatic carboxylic acids is 1. The topological polar surface area (TPSA) is 86.7 Å². The Morgan fingerprint density at radius 2 is 1.78 bits per heavy atom. The van der Waals surface area contributed by atoms with Crippen molar-refractivity contribution >= 4 is 69.2 Å². The van der Waals surface area contributed by atoms with Gasteiger partial charge in [0, 0.05) is 29.1 Å². The van der Waals surface area contributed by atoms with Crippen LogP contribution >= 0.6 is 35.3 Å². The summed E-state index contributed by atoms with van der Waals surface area (Å²) in [6.07, 6.45) is 1.03. The highest BCUT2D eigenvalue weighted by atomic mass is 32.2. The highest BCUT2D eigenvalue weighted by molar-refractivity contribution is 8.26. The van der Waals surface area contributed by atoms with Crippen LogP contribution in [0.15, 0.2) is 52.7 Å². The van der Waals surface area contributed by atoms with Crippen LogP contribution in [0.3, 0.4) is 0 Å². The first-order chi connectivity index (χ1) is 17.6. The maximum atomic E-state index is 13.7. The number of benzene rings is 2. The maximum absolute atomic E-state index is 13.7. The number of thiophene rings is 1. The van der Waals surface area contributed by atoms with Crippen LogP contribution in [0, 0.1) is 17.5 Å². The first-order valence-corrected chi connectivity index (χ1v) is 12.8. The van der Waals surface area contributed by atoms with Crippen LogP contribution in [0.2, 0.25) is 0 Å². The van der Waals surface area contributed by atoms with Crippen molar-refractivity contribution in [2.24, 2.45) is 0 Å². The maximum Gasteiger partial charge on any atom is 0.307 e. The molecule has 0 spiro atoms. The Hall–Kier alpha value is -3.48. The van der Waals surface area contributed by atoms with E-state index in [0.717, 1.165) is 30.0 Å². The summed E-state index contributed by atoms with van der Waals surface area (Å²) in [4.78, 5) is 38.5. The van der Waals surface area contributed by atoms with Gasteiger partial charge in [0.2, 0.25) is 5.91 Å². The van der Waals surface area contributed by atoms with Crippen LogP contribution in [0.25, 0.3) is 17.2 Å². The van der Waals surface area contributed by atoms with E-state index >= 15 is 0 Å². The highest BCUT2D eigenvalue weighted by Gasteiger charge is 2.32. The molecular weight excluding hydrogens is 545 g/mol. The molecule has 0 atom stereocenters. The molecule has 12 heteroatoms. The standard InChI is InChI=1S/C25H17F3N2O4S3/c26-18-4-2-16(7-14(18)10-23(32)33)29-22(31)5-6-30-24(34)21(37-25(30)35)11-17-8-15(12-36-17)13-1-3-19(27)20(28)9-13/h1-4,7-9,11-12H,5-6,10H2,(H,29,31)(H,32,33). The van der Waals surface area contributed by atoms with Gasteiger partial charge in [0.15, 0.2) is 11.6 Å². The summed E-state index contributed by atoms with van der Waals surface area (Å²) in [6, 6.07) is 9.00. The molecule has 0 unspecified atom stereocenters. The molecule has 1 aliphatic rings. The average molecular weight is 563 g/mol. The summed E-state index contributed by atoms with van der Waals surface area (Å²) in [6.45, 7) is 0.0154. The number of anilines is 1. The molecule has 1 aliphatic heterocycles. The average Bonchev–Trinajstić information content (AvgIpc) is 3.40. The van der Waals surface area contributed by atoms with E-state index in [1.807, 2.05) is 0 Å². The van der Waals surface area contributed by atoms with Gasteiger partial charge in [0.25, 0.3) is 5.91 Å². The monoisotopic (exact) mass is 562 g/mol. The lowest BCUT2D eigenvalue weighted by atomic mass is 10.1. The molecule has 2 N–H and O–H groups in total. The molecule has 6 nitrogen and oxygen atoms in total. The van der Waals surface area contributed by atoms with E-state index in [9.17, 15) is 27.6 Å². The van der Waals surface area contributed by atoms with Gasteiger partial charge in [-0.15, -0.1) is 11.3 Å². The molecule has 1 saturated heterocycles. The zero-order valence-corrected chi connectivity index (χ0v) is 21.2. The first-order valence-electron chi connectivity index (χ1n) is 10.7. The molecular formula is C25H17F3N2O4S3. The summed E-state index contributed by atoms with van der Waals surface area (Å²) < 4.78 is 40.8. The molecule has 0 aliphatic carbocycles. The van der Waals surface area contributed by atoms with Crippen LogP contribution in [-0.2, 0) is 20.8 Å². The van der Waals surface area contributed by atoms with E-state index in [2.05, 4.69) is 5.32 Å². The quantitative estimate of drug-likeness (QED) is 0.271. The number of carbonyl (C=O) groups excluding carboxylic acids is 2. The number of nitrogens with one attached hydrogen (secondary N) is 1. The number of rotatable bonds is 8. The SMILES string of the molecule is O=C(O)Cc1cc(NC(=O)CCN2C(=O)C(=Cc3cc(-c4ccc(F)c(F)c4)cs3)SC2=S)ccc1F. The van der Waals surface area contributed by atoms with Crippen LogP contribution in [-0.4, -0.2) is 38.7 Å². The number of carboxylic acids is 1. The Morgan fingerprint density at radius 1 is 1.03 bits per heavy atom. The van der Waals surface area contributed by atoms with Crippen LogP contribution in [0.5, 0.6) is 0 Å². The Bertz CT molecular complexity index is 1450. The molecule has 1 aromatic heterocycles. The van der Waals surface area contributed by atoms with Crippen molar-refractivity contribution in [3.8, 4) is 11.1 Å². The number of thiocarbonyl (C=S) groups is 1. The molecule has 37 heavy (non-hydrogen) atoms. The summed E-state index contributed by atoms with van der Waals surface area (Å²) in [5.74, 6) is -4.59. The number of carboxylic acid groups (broad SMARTS) is 1. The Kier molecular flexibility index (Phi) is 8.10. The van der Waals surface area contributed by atoms with Crippen molar-refractivity contribution in [2.75, 3.05) is 11.9 Å². The van der Waals surface area contributed by atoms with Gasteiger partial charge in [-0.2, -0.15) is 0 Å². The number of hydrogen-bond acceptors (Lipinski definition) is 6. The molecule has 0 saturated carbocycles. The van der Waals surface area contributed by atoms with Crippen molar-refractivity contribution < 1.29 is 32.7 Å². The van der Waals surface area contributed by atoms with Gasteiger partial charge in [0.1, 0.15) is 10.1 Å². The van der Waals surface area contributed by atoms with Gasteiger partial charge < -0.3 is 10.4 Å². The Balaban J connectivity index is 1.38. The third-order valence-electron chi connectivity index (χ3n) is 5.25. The van der Waals surface area contributed by atoms with E-state index < -0.39 is 35.7 Å². The second-order valence-corrected chi connectivity index (χ2v) is 10.5. The molecule has 0 radical (unpaired) electrons. The molecule has 2 amide bonds. The van der Waals surface area contributed by atoms with Gasteiger partial charge in [0.05, 0.1) is 11.3 Å². The molecule has 2 heterocycles. The van der Waals surface area contributed by atoms with Gasteiger partial charge in [-0.3, -0.25) is 19.3 Å². The number of hydrogen-bond donors (Lipinski definition) is 2. The lowest BCUT2D eigenvalue weighted by molar-refractivity contribution is -0.136. The van der Waals surface area contributed by atoms with E-state index in [1.54, 1.807) is 17.5 Å². The van der Waals surface area contributed by atoms with Crippen molar-refractivity contribution in [3.05, 3.63) is 80.6 Å². The van der Waals surface area contributed by atoms with Crippen molar-refractivity contribution in [2.45, 2.75) is 12.8 Å². The van der Waals surface area contributed by atoms with Crippen LogP contribution in [0.4, 0.5) is 18.9 Å². The third kappa shape index (κ3) is 6.45. The van der Waals surface area contributed by atoms with Gasteiger partial charge in [-0.25, -0.2) is 13.2 Å². The van der Waals surface area contributed by atoms with E-state index in [1.165, 1.54) is 34.4 Å². The summed E-state index contributed by atoms with van der Waals surface area (Å²) in [5.41, 5.74) is 1.36. The summed E-state index contributed by atoms with van der Waals surface area (Å²) in [5, 5.41) is 13.2. The minimum absolute atomic E-state index is 0.0154. The minimum Gasteiger partial charge on any atom is -0.481 e. The zero-order chi connectivity index (χ0) is 26.7. The minimum atomic E-state index is -1.20. The van der Waals surface area contributed by atoms with Gasteiger partial charge >= 0.3 is 5.97 Å². The van der Waals surface area contributed by atoms with E-state index in [4.69, 9.17) is 17.3 Å².